The first-order chi connectivity index (χ1) is 20.5. The van der Waals surface area contributed by atoms with Crippen molar-refractivity contribution in [2.45, 2.75) is 30.8 Å². The number of piperidine rings is 1. The highest BCUT2D eigenvalue weighted by molar-refractivity contribution is 7.90. The quantitative estimate of drug-likeness (QED) is 0.300. The summed E-state index contributed by atoms with van der Waals surface area (Å²) in [6.45, 7) is 1.39. The van der Waals surface area contributed by atoms with Gasteiger partial charge in [-0.25, -0.2) is 23.4 Å². The van der Waals surface area contributed by atoms with E-state index < -0.39 is 21.6 Å². The van der Waals surface area contributed by atoms with Crippen molar-refractivity contribution in [2.75, 3.05) is 29.9 Å². The number of alkyl halides is 3. The van der Waals surface area contributed by atoms with E-state index in [4.69, 9.17) is 0 Å². The van der Waals surface area contributed by atoms with Crippen molar-refractivity contribution < 1.29 is 26.7 Å². The summed E-state index contributed by atoms with van der Waals surface area (Å²) in [6, 6.07) is 3.41. The van der Waals surface area contributed by atoms with E-state index in [0.717, 1.165) is 22.9 Å². The zero-order chi connectivity index (χ0) is 30.0. The smallest absolute Gasteiger partial charge is 0.396 e. The summed E-state index contributed by atoms with van der Waals surface area (Å²) >= 11 is 0. The Hall–Kier alpha value is -4.49. The van der Waals surface area contributed by atoms with Crippen LogP contribution in [-0.4, -0.2) is 72.4 Å². The van der Waals surface area contributed by atoms with Crippen molar-refractivity contribution in [2.24, 2.45) is 11.3 Å². The van der Waals surface area contributed by atoms with Crippen LogP contribution in [0.1, 0.15) is 30.4 Å². The number of rotatable bonds is 7. The van der Waals surface area contributed by atoms with Gasteiger partial charge in [0.2, 0.25) is 0 Å². The SMILES string of the molecule is O=S(=O)(C1CC1)n1cc(-c2nccc(Nc3cc(N4CC5CC5(CO)C4)c(C#Cc4cnn(C(F)(F)F)c4)cn3)n2)cn1. The van der Waals surface area contributed by atoms with Crippen molar-refractivity contribution in [1.29, 1.82) is 0 Å². The Morgan fingerprint density at radius 2 is 1.93 bits per heavy atom. The Morgan fingerprint density at radius 1 is 1.09 bits per heavy atom. The zero-order valence-corrected chi connectivity index (χ0v) is 23.2. The summed E-state index contributed by atoms with van der Waals surface area (Å²) in [5.41, 5.74) is 1.60. The van der Waals surface area contributed by atoms with Crippen LogP contribution in [-0.2, 0) is 16.3 Å². The third-order valence-electron chi connectivity index (χ3n) is 7.96. The Bertz CT molecular complexity index is 1890. The number of nitrogens with zero attached hydrogens (tertiary/aromatic N) is 8. The van der Waals surface area contributed by atoms with E-state index in [1.807, 2.05) is 0 Å². The number of halogens is 3. The second-order valence-corrected chi connectivity index (χ2v) is 13.1. The molecule has 43 heavy (non-hydrogen) atoms. The number of hydrogen-bond donors (Lipinski definition) is 2. The van der Waals surface area contributed by atoms with Crippen LogP contribution in [0, 0.1) is 23.2 Å². The molecule has 16 heteroatoms. The van der Waals surface area contributed by atoms with Crippen molar-refractivity contribution in [3.8, 4) is 23.2 Å². The van der Waals surface area contributed by atoms with E-state index in [0.29, 0.717) is 60.3 Å². The molecule has 2 saturated carbocycles. The summed E-state index contributed by atoms with van der Waals surface area (Å²) < 4.78 is 64.7. The Kier molecular flexibility index (Phi) is 6.22. The van der Waals surface area contributed by atoms with E-state index in [-0.39, 0.29) is 28.1 Å². The van der Waals surface area contributed by atoms with E-state index >= 15 is 0 Å². The fourth-order valence-corrected chi connectivity index (χ4v) is 6.81. The fraction of sp³-hybridized carbons (Fsp3) is 0.370. The van der Waals surface area contributed by atoms with Crippen LogP contribution < -0.4 is 10.2 Å². The highest BCUT2D eigenvalue weighted by atomic mass is 32.2. The predicted molar refractivity (Wildman–Crippen MR) is 147 cm³/mol. The van der Waals surface area contributed by atoms with E-state index in [1.165, 1.54) is 24.8 Å². The monoisotopic (exact) mass is 611 g/mol. The molecule has 7 rings (SSSR count). The molecule has 0 bridgehead atoms. The summed E-state index contributed by atoms with van der Waals surface area (Å²) in [5.74, 6) is 7.12. The van der Waals surface area contributed by atoms with Gasteiger partial charge in [0.15, 0.2) is 5.82 Å². The standard InChI is InChI=1S/C27H24F3N9O3S/c28-27(29,30)38-12-17(9-33-38)1-2-18-10-32-24(7-22(18)37-14-20-8-26(20,15-37)16-40)35-23-5-6-31-25(36-23)19-11-34-39(13-19)43(41,42)21-3-4-21/h5-7,9-13,20-21,40H,3-4,8,14-16H2,(H,31,32,35,36). The van der Waals surface area contributed by atoms with Gasteiger partial charge in [-0.15, -0.1) is 13.2 Å². The van der Waals surface area contributed by atoms with Crippen molar-refractivity contribution in [3.63, 3.8) is 0 Å². The van der Waals surface area contributed by atoms with Gasteiger partial charge in [0.05, 0.1) is 52.8 Å². The van der Waals surface area contributed by atoms with Crippen molar-refractivity contribution in [1.82, 2.24) is 33.9 Å². The highest BCUT2D eigenvalue weighted by Crippen LogP contribution is 2.58. The molecule has 2 aliphatic carbocycles. The van der Waals surface area contributed by atoms with Gasteiger partial charge in [0.25, 0.3) is 10.0 Å². The number of aliphatic hydroxyl groups is 1. The second-order valence-electron chi connectivity index (χ2n) is 11.0. The molecule has 0 spiro atoms. The first kappa shape index (κ1) is 27.3. The average Bonchev–Trinajstić information content (AvgIpc) is 3.76. The summed E-state index contributed by atoms with van der Waals surface area (Å²) in [7, 11) is -3.53. The second kappa shape index (κ2) is 9.78. The highest BCUT2D eigenvalue weighted by Gasteiger charge is 2.59. The van der Waals surface area contributed by atoms with Crippen LogP contribution in [0.5, 0.6) is 0 Å². The molecule has 5 heterocycles. The summed E-state index contributed by atoms with van der Waals surface area (Å²) in [6.07, 6.45) is 5.26. The van der Waals surface area contributed by atoms with Crippen LogP contribution in [0.3, 0.4) is 0 Å². The molecular formula is C27H24F3N9O3S. The number of aromatic nitrogens is 7. The normalized spacial score (nSPS) is 21.3. The number of anilines is 3. The van der Waals surface area contributed by atoms with Gasteiger partial charge in [-0.3, -0.25) is 0 Å². The molecule has 1 aliphatic heterocycles. The minimum atomic E-state index is -4.63. The molecule has 2 atom stereocenters. The van der Waals surface area contributed by atoms with Crippen LogP contribution in [0.2, 0.25) is 0 Å². The molecule has 0 amide bonds. The van der Waals surface area contributed by atoms with E-state index in [1.54, 1.807) is 12.1 Å². The maximum atomic E-state index is 12.9. The number of aliphatic hydroxyl groups excluding tert-OH is 1. The van der Waals surface area contributed by atoms with Gasteiger partial charge in [-0.2, -0.15) is 19.0 Å². The van der Waals surface area contributed by atoms with Gasteiger partial charge < -0.3 is 15.3 Å². The lowest BCUT2D eigenvalue weighted by atomic mass is 10.1. The van der Waals surface area contributed by atoms with Gasteiger partial charge >= 0.3 is 6.30 Å². The van der Waals surface area contributed by atoms with E-state index in [9.17, 15) is 26.7 Å². The maximum Gasteiger partial charge on any atom is 0.504 e. The molecule has 3 aliphatic rings. The fourth-order valence-electron chi connectivity index (χ4n) is 5.33. The first-order valence-corrected chi connectivity index (χ1v) is 14.9. The zero-order valence-electron chi connectivity index (χ0n) is 22.4. The Balaban J connectivity index is 1.16. The molecule has 4 aromatic heterocycles. The molecule has 2 unspecified atom stereocenters. The van der Waals surface area contributed by atoms with E-state index in [2.05, 4.69) is 47.2 Å². The first-order valence-electron chi connectivity index (χ1n) is 13.4. The maximum absolute atomic E-state index is 12.9. The number of hydrogen-bond acceptors (Lipinski definition) is 10. The topological polar surface area (TPSA) is 144 Å². The molecule has 3 fully saturated rings. The molecule has 222 valence electrons. The lowest BCUT2D eigenvalue weighted by molar-refractivity contribution is -0.212. The third kappa shape index (κ3) is 5.19. The van der Waals surface area contributed by atoms with Crippen LogP contribution in [0.25, 0.3) is 11.4 Å². The van der Waals surface area contributed by atoms with Gasteiger partial charge in [-0.05, 0) is 31.2 Å². The minimum absolute atomic E-state index is 0.0737. The lowest BCUT2D eigenvalue weighted by Crippen LogP contribution is -2.26. The summed E-state index contributed by atoms with van der Waals surface area (Å²) in [4.78, 5) is 15.3. The predicted octanol–water partition coefficient (Wildman–Crippen LogP) is 2.71. The molecule has 1 saturated heterocycles. The van der Waals surface area contributed by atoms with Crippen LogP contribution >= 0.6 is 0 Å². The Morgan fingerprint density at radius 3 is 2.65 bits per heavy atom. The summed E-state index contributed by atoms with van der Waals surface area (Å²) in [5, 5.41) is 20.0. The molecular weight excluding hydrogens is 587 g/mol. The molecule has 0 aromatic carbocycles. The van der Waals surface area contributed by atoms with Crippen molar-refractivity contribution in [3.05, 3.63) is 60.4 Å². The molecule has 0 radical (unpaired) electrons. The molecule has 4 aromatic rings. The van der Waals surface area contributed by atoms with Gasteiger partial charge in [0.1, 0.15) is 11.6 Å². The van der Waals surface area contributed by atoms with Gasteiger partial charge in [0, 0.05) is 43.2 Å². The Labute approximate surface area is 243 Å². The van der Waals surface area contributed by atoms with Crippen molar-refractivity contribution >= 4 is 27.3 Å². The minimum Gasteiger partial charge on any atom is -0.396 e. The number of fused-ring (bicyclic) bond motifs is 1. The number of nitrogens with one attached hydrogen (secondary N) is 1. The largest absolute Gasteiger partial charge is 0.504 e. The number of pyridine rings is 1. The molecule has 2 N–H and O–H groups in total. The van der Waals surface area contributed by atoms with Gasteiger partial charge in [-0.1, -0.05) is 11.8 Å². The van der Waals surface area contributed by atoms with Crippen LogP contribution in [0.4, 0.5) is 30.5 Å². The third-order valence-corrected chi connectivity index (χ3v) is 10.00. The molecule has 12 nitrogen and oxygen atoms in total. The van der Waals surface area contributed by atoms with Crippen LogP contribution in [0.15, 0.2) is 49.3 Å². The average molecular weight is 612 g/mol. The lowest BCUT2D eigenvalue weighted by Gasteiger charge is -2.24.